The first-order valence-electron chi connectivity index (χ1n) is 5.35. The summed E-state index contributed by atoms with van der Waals surface area (Å²) in [5, 5.41) is 17.9. The Bertz CT molecular complexity index is 438. The minimum atomic E-state index is -1.67. The van der Waals surface area contributed by atoms with Gasteiger partial charge < -0.3 is 14.9 Å². The zero-order valence-corrected chi connectivity index (χ0v) is 10.6. The Morgan fingerprint density at radius 3 is 2.72 bits per heavy atom. The molecule has 0 fully saturated rings. The van der Waals surface area contributed by atoms with E-state index < -0.39 is 17.4 Å². The van der Waals surface area contributed by atoms with Gasteiger partial charge in [0, 0.05) is 12.2 Å². The highest BCUT2D eigenvalue weighted by Crippen LogP contribution is 2.32. The molecule has 0 aliphatic heterocycles. The smallest absolute Gasteiger partial charge is 0.340 e. The molecule has 0 radical (unpaired) electrons. The molecule has 4 nitrogen and oxygen atoms in total. The van der Waals surface area contributed by atoms with Crippen LogP contribution in [-0.2, 0) is 15.1 Å². The lowest BCUT2D eigenvalue weighted by molar-refractivity contribution is -0.165. The van der Waals surface area contributed by atoms with Gasteiger partial charge in [0.25, 0.3) is 0 Å². The number of carboxylic acid groups (broad SMARTS) is 1. The summed E-state index contributed by atoms with van der Waals surface area (Å²) < 4.78 is 18.2. The number of benzene rings is 1. The van der Waals surface area contributed by atoms with Gasteiger partial charge in [-0.3, -0.25) is 0 Å². The second-order valence-electron chi connectivity index (χ2n) is 3.89. The Labute approximate surface area is 109 Å². The molecule has 0 aliphatic rings. The molecule has 0 aliphatic carbocycles. The third-order valence-electron chi connectivity index (χ3n) is 2.55. The second-order valence-corrected chi connectivity index (χ2v) is 4.30. The summed E-state index contributed by atoms with van der Waals surface area (Å²) in [6.07, 6.45) is 0.307. The summed E-state index contributed by atoms with van der Waals surface area (Å²) in [6, 6.07) is 3.44. The fourth-order valence-corrected chi connectivity index (χ4v) is 1.82. The van der Waals surface area contributed by atoms with Crippen molar-refractivity contribution in [1.29, 1.82) is 0 Å². The summed E-state index contributed by atoms with van der Waals surface area (Å²) in [6.45, 7) is 1.30. The van der Waals surface area contributed by atoms with E-state index in [1.165, 1.54) is 13.0 Å². The summed E-state index contributed by atoms with van der Waals surface area (Å²) in [4.78, 5) is 11.3. The molecule has 0 spiro atoms. The van der Waals surface area contributed by atoms with Gasteiger partial charge in [-0.2, -0.15) is 0 Å². The van der Waals surface area contributed by atoms with Crippen molar-refractivity contribution >= 4 is 17.6 Å². The third kappa shape index (κ3) is 3.19. The van der Waals surface area contributed by atoms with Crippen molar-refractivity contribution in [2.24, 2.45) is 0 Å². The van der Waals surface area contributed by atoms with Crippen molar-refractivity contribution in [2.75, 3.05) is 13.2 Å². The van der Waals surface area contributed by atoms with Crippen molar-refractivity contribution in [2.45, 2.75) is 18.9 Å². The number of carboxylic acids is 1. The molecule has 1 atom stereocenters. The Morgan fingerprint density at radius 2 is 2.22 bits per heavy atom. The third-order valence-corrected chi connectivity index (χ3v) is 2.86. The van der Waals surface area contributed by atoms with Crippen LogP contribution in [0.5, 0.6) is 0 Å². The van der Waals surface area contributed by atoms with E-state index in [0.29, 0.717) is 6.42 Å². The summed E-state index contributed by atoms with van der Waals surface area (Å²) in [5.41, 5.74) is -1.49. The summed E-state index contributed by atoms with van der Waals surface area (Å²) >= 11 is 5.84. The number of aliphatic hydroxyl groups excluding tert-OH is 1. The second kappa shape index (κ2) is 6.13. The average molecular weight is 277 g/mol. The molecule has 1 aromatic rings. The lowest BCUT2D eigenvalue weighted by Crippen LogP contribution is -2.36. The summed E-state index contributed by atoms with van der Waals surface area (Å²) in [5.74, 6) is -1.78. The van der Waals surface area contributed by atoms with Crippen molar-refractivity contribution in [1.82, 2.24) is 0 Å². The van der Waals surface area contributed by atoms with Gasteiger partial charge in [-0.05, 0) is 25.5 Å². The largest absolute Gasteiger partial charge is 0.479 e. The molecule has 1 aromatic carbocycles. The predicted molar refractivity (Wildman–Crippen MR) is 64.1 cm³/mol. The van der Waals surface area contributed by atoms with Gasteiger partial charge in [-0.15, -0.1) is 0 Å². The number of carbonyl (C=O) groups is 1. The summed E-state index contributed by atoms with van der Waals surface area (Å²) in [7, 11) is 0. The van der Waals surface area contributed by atoms with Crippen molar-refractivity contribution in [3.8, 4) is 0 Å². The highest BCUT2D eigenvalue weighted by molar-refractivity contribution is 6.31. The number of hydrogen-bond acceptors (Lipinski definition) is 3. The number of ether oxygens (including phenoxy) is 1. The number of rotatable bonds is 6. The molecule has 0 saturated heterocycles. The molecule has 0 bridgehead atoms. The Hall–Kier alpha value is -1.17. The Balaban J connectivity index is 3.06. The Morgan fingerprint density at radius 1 is 1.56 bits per heavy atom. The van der Waals surface area contributed by atoms with E-state index in [1.807, 2.05) is 0 Å². The van der Waals surface area contributed by atoms with Crippen LogP contribution in [0.15, 0.2) is 18.2 Å². The molecule has 0 aromatic heterocycles. The SMILES string of the molecule is CC(OCCCO)(C(=O)O)c1ccc(F)cc1Cl. The molecule has 1 rings (SSSR count). The molecule has 6 heteroatoms. The first-order chi connectivity index (χ1) is 8.41. The van der Waals surface area contributed by atoms with Gasteiger partial charge in [-0.1, -0.05) is 17.7 Å². The highest BCUT2D eigenvalue weighted by Gasteiger charge is 2.38. The van der Waals surface area contributed by atoms with Crippen molar-refractivity contribution < 1.29 is 24.1 Å². The predicted octanol–water partition coefficient (Wildman–Crippen LogP) is 2.18. The van der Waals surface area contributed by atoms with Gasteiger partial charge in [0.05, 0.1) is 11.6 Å². The van der Waals surface area contributed by atoms with Crippen LogP contribution in [0.4, 0.5) is 4.39 Å². The van der Waals surface area contributed by atoms with Crippen LogP contribution in [0.2, 0.25) is 5.02 Å². The minimum absolute atomic E-state index is 0.0103. The van der Waals surface area contributed by atoms with Gasteiger partial charge in [0.2, 0.25) is 0 Å². The van der Waals surface area contributed by atoms with Gasteiger partial charge in [0.15, 0.2) is 5.60 Å². The van der Waals surface area contributed by atoms with E-state index in [9.17, 15) is 14.3 Å². The average Bonchev–Trinajstić information content (AvgIpc) is 2.28. The van der Waals surface area contributed by atoms with Crippen LogP contribution in [-0.4, -0.2) is 29.4 Å². The van der Waals surface area contributed by atoms with Crippen LogP contribution >= 0.6 is 11.6 Å². The number of aliphatic hydroxyl groups is 1. The van der Waals surface area contributed by atoms with E-state index in [-0.39, 0.29) is 23.8 Å². The molecule has 0 amide bonds. The minimum Gasteiger partial charge on any atom is -0.479 e. The van der Waals surface area contributed by atoms with E-state index in [2.05, 4.69) is 0 Å². The maximum Gasteiger partial charge on any atom is 0.340 e. The van der Waals surface area contributed by atoms with Crippen LogP contribution < -0.4 is 0 Å². The first-order valence-corrected chi connectivity index (χ1v) is 5.73. The quantitative estimate of drug-likeness (QED) is 0.782. The standard InChI is InChI=1S/C12H14ClFO4/c1-12(11(16)17,18-6-2-5-15)9-4-3-8(14)7-10(9)13/h3-4,7,15H,2,5-6H2,1H3,(H,16,17). The van der Waals surface area contributed by atoms with E-state index in [4.69, 9.17) is 21.4 Å². The van der Waals surface area contributed by atoms with Gasteiger partial charge in [-0.25, -0.2) is 9.18 Å². The van der Waals surface area contributed by atoms with Crippen LogP contribution in [0.3, 0.4) is 0 Å². The topological polar surface area (TPSA) is 66.8 Å². The van der Waals surface area contributed by atoms with Crippen LogP contribution in [0, 0.1) is 5.82 Å². The first kappa shape index (κ1) is 14.9. The van der Waals surface area contributed by atoms with Gasteiger partial charge >= 0.3 is 5.97 Å². The molecular weight excluding hydrogens is 263 g/mol. The van der Waals surface area contributed by atoms with E-state index in [0.717, 1.165) is 12.1 Å². The molecule has 0 saturated carbocycles. The molecule has 18 heavy (non-hydrogen) atoms. The van der Waals surface area contributed by atoms with Crippen LogP contribution in [0.1, 0.15) is 18.9 Å². The molecule has 100 valence electrons. The fraction of sp³-hybridized carbons (Fsp3) is 0.417. The number of aliphatic carboxylic acids is 1. The maximum absolute atomic E-state index is 12.9. The zero-order chi connectivity index (χ0) is 13.8. The lowest BCUT2D eigenvalue weighted by atomic mass is 9.95. The maximum atomic E-state index is 12.9. The normalized spacial score (nSPS) is 14.2. The van der Waals surface area contributed by atoms with Crippen LogP contribution in [0.25, 0.3) is 0 Å². The highest BCUT2D eigenvalue weighted by atomic mass is 35.5. The number of halogens is 2. The zero-order valence-electron chi connectivity index (χ0n) is 9.82. The van der Waals surface area contributed by atoms with Crippen molar-refractivity contribution in [3.05, 3.63) is 34.6 Å². The monoisotopic (exact) mass is 276 g/mol. The molecule has 0 heterocycles. The number of hydrogen-bond donors (Lipinski definition) is 2. The van der Waals surface area contributed by atoms with E-state index in [1.54, 1.807) is 0 Å². The molecule has 2 N–H and O–H groups in total. The van der Waals surface area contributed by atoms with Gasteiger partial charge in [0.1, 0.15) is 5.82 Å². The molecular formula is C12H14ClFO4. The lowest BCUT2D eigenvalue weighted by Gasteiger charge is -2.26. The molecule has 1 unspecified atom stereocenters. The van der Waals surface area contributed by atoms with Crippen molar-refractivity contribution in [3.63, 3.8) is 0 Å². The Kier molecular flexibility index (Phi) is 5.07. The van der Waals surface area contributed by atoms with E-state index >= 15 is 0 Å². The fourth-order valence-electron chi connectivity index (χ4n) is 1.47.